The van der Waals surface area contributed by atoms with E-state index in [-0.39, 0.29) is 5.92 Å². The SMILES string of the molecule is COC1CCC(Nc2cc(-c3nc(C(C)C)no3)ccn2)C1. The van der Waals surface area contributed by atoms with Crippen molar-refractivity contribution >= 4 is 5.82 Å². The largest absolute Gasteiger partial charge is 0.381 e. The molecule has 1 N–H and O–H groups in total. The van der Waals surface area contributed by atoms with Gasteiger partial charge >= 0.3 is 0 Å². The Hall–Kier alpha value is -1.95. The normalized spacial score (nSPS) is 21.5. The summed E-state index contributed by atoms with van der Waals surface area (Å²) in [7, 11) is 1.77. The van der Waals surface area contributed by atoms with Gasteiger partial charge < -0.3 is 14.6 Å². The Balaban J connectivity index is 1.72. The van der Waals surface area contributed by atoms with Gasteiger partial charge in [0.1, 0.15) is 5.82 Å². The number of pyridine rings is 1. The Morgan fingerprint density at radius 1 is 1.36 bits per heavy atom. The zero-order valence-electron chi connectivity index (χ0n) is 13.2. The molecule has 0 amide bonds. The first kappa shape index (κ1) is 15.0. The molecule has 0 spiro atoms. The molecule has 22 heavy (non-hydrogen) atoms. The molecule has 0 aromatic carbocycles. The van der Waals surface area contributed by atoms with E-state index in [4.69, 9.17) is 9.26 Å². The van der Waals surface area contributed by atoms with E-state index >= 15 is 0 Å². The van der Waals surface area contributed by atoms with E-state index in [1.807, 2.05) is 26.0 Å². The standard InChI is InChI=1S/C16H22N4O2/c1-10(2)15-19-16(22-20-15)11-6-7-17-14(8-11)18-12-4-5-13(9-12)21-3/h6-8,10,12-13H,4-5,9H2,1-3H3,(H,17,18). The summed E-state index contributed by atoms with van der Waals surface area (Å²) in [6.45, 7) is 4.08. The molecule has 6 nitrogen and oxygen atoms in total. The topological polar surface area (TPSA) is 73.1 Å². The minimum absolute atomic E-state index is 0.251. The summed E-state index contributed by atoms with van der Waals surface area (Å²) in [5.41, 5.74) is 0.887. The van der Waals surface area contributed by atoms with E-state index in [0.29, 0.717) is 18.0 Å². The van der Waals surface area contributed by atoms with Gasteiger partial charge in [-0.15, -0.1) is 0 Å². The summed E-state index contributed by atoms with van der Waals surface area (Å²) in [5, 5.41) is 7.47. The molecule has 1 fully saturated rings. The van der Waals surface area contributed by atoms with Crippen LogP contribution in [0.3, 0.4) is 0 Å². The molecule has 2 aromatic heterocycles. The van der Waals surface area contributed by atoms with Crippen molar-refractivity contribution in [3.8, 4) is 11.5 Å². The molecule has 6 heteroatoms. The second kappa shape index (κ2) is 6.44. The van der Waals surface area contributed by atoms with Gasteiger partial charge in [-0.25, -0.2) is 4.98 Å². The van der Waals surface area contributed by atoms with Crippen LogP contribution in [0, 0.1) is 0 Å². The van der Waals surface area contributed by atoms with Crippen molar-refractivity contribution in [3.63, 3.8) is 0 Å². The Labute approximate surface area is 130 Å². The molecule has 2 heterocycles. The summed E-state index contributed by atoms with van der Waals surface area (Å²) in [6, 6.07) is 4.24. The number of anilines is 1. The summed E-state index contributed by atoms with van der Waals surface area (Å²) in [4.78, 5) is 8.80. The van der Waals surface area contributed by atoms with Crippen LogP contribution < -0.4 is 5.32 Å². The van der Waals surface area contributed by atoms with Crippen molar-refractivity contribution in [1.82, 2.24) is 15.1 Å². The van der Waals surface area contributed by atoms with Gasteiger partial charge in [-0.1, -0.05) is 19.0 Å². The number of nitrogens with zero attached hydrogens (tertiary/aromatic N) is 3. The summed E-state index contributed by atoms with van der Waals surface area (Å²) < 4.78 is 10.7. The molecule has 0 saturated heterocycles. The fraction of sp³-hybridized carbons (Fsp3) is 0.562. The molecular weight excluding hydrogens is 280 g/mol. The van der Waals surface area contributed by atoms with E-state index in [9.17, 15) is 0 Å². The van der Waals surface area contributed by atoms with Gasteiger partial charge in [0.2, 0.25) is 0 Å². The predicted molar refractivity (Wildman–Crippen MR) is 83.7 cm³/mol. The highest BCUT2D eigenvalue weighted by Crippen LogP contribution is 2.26. The second-order valence-corrected chi connectivity index (χ2v) is 6.05. The Kier molecular flexibility index (Phi) is 4.38. The first-order chi connectivity index (χ1) is 10.7. The fourth-order valence-corrected chi connectivity index (χ4v) is 2.72. The molecule has 0 bridgehead atoms. The maximum atomic E-state index is 5.40. The van der Waals surface area contributed by atoms with Crippen LogP contribution in [0.2, 0.25) is 0 Å². The molecule has 0 radical (unpaired) electrons. The minimum Gasteiger partial charge on any atom is -0.381 e. The molecule has 2 atom stereocenters. The molecule has 2 aromatic rings. The number of aromatic nitrogens is 3. The monoisotopic (exact) mass is 302 g/mol. The van der Waals surface area contributed by atoms with Crippen LogP contribution in [0.1, 0.15) is 44.9 Å². The third-order valence-corrected chi connectivity index (χ3v) is 4.03. The Bertz CT molecular complexity index is 626. The fourth-order valence-electron chi connectivity index (χ4n) is 2.72. The van der Waals surface area contributed by atoms with E-state index in [1.165, 1.54) is 0 Å². The summed E-state index contributed by atoms with van der Waals surface area (Å²) >= 11 is 0. The van der Waals surface area contributed by atoms with Crippen LogP contribution >= 0.6 is 0 Å². The third kappa shape index (κ3) is 3.27. The molecule has 1 aliphatic carbocycles. The van der Waals surface area contributed by atoms with Crippen molar-refractivity contribution in [2.24, 2.45) is 0 Å². The van der Waals surface area contributed by atoms with Crippen molar-refractivity contribution in [2.45, 2.75) is 51.2 Å². The number of rotatable bonds is 5. The lowest BCUT2D eigenvalue weighted by Crippen LogP contribution is -2.17. The molecule has 1 saturated carbocycles. The number of hydrogen-bond acceptors (Lipinski definition) is 6. The highest BCUT2D eigenvalue weighted by atomic mass is 16.5. The quantitative estimate of drug-likeness (QED) is 0.914. The molecule has 2 unspecified atom stereocenters. The van der Waals surface area contributed by atoms with Crippen LogP contribution in [-0.2, 0) is 4.74 Å². The zero-order valence-corrected chi connectivity index (χ0v) is 13.2. The average molecular weight is 302 g/mol. The van der Waals surface area contributed by atoms with Gasteiger partial charge in [0, 0.05) is 30.8 Å². The van der Waals surface area contributed by atoms with Crippen molar-refractivity contribution in [3.05, 3.63) is 24.2 Å². The number of hydrogen-bond donors (Lipinski definition) is 1. The van der Waals surface area contributed by atoms with Crippen molar-refractivity contribution in [2.75, 3.05) is 12.4 Å². The molecule has 1 aliphatic rings. The minimum atomic E-state index is 0.251. The zero-order chi connectivity index (χ0) is 15.5. The maximum absolute atomic E-state index is 5.40. The van der Waals surface area contributed by atoms with Gasteiger partial charge in [-0.05, 0) is 31.4 Å². The van der Waals surface area contributed by atoms with Gasteiger partial charge in [-0.3, -0.25) is 0 Å². The van der Waals surface area contributed by atoms with Crippen LogP contribution in [0.5, 0.6) is 0 Å². The number of ether oxygens (including phenoxy) is 1. The van der Waals surface area contributed by atoms with Crippen LogP contribution in [0.25, 0.3) is 11.5 Å². The van der Waals surface area contributed by atoms with Crippen LogP contribution in [0.15, 0.2) is 22.9 Å². The summed E-state index contributed by atoms with van der Waals surface area (Å²) in [5.74, 6) is 2.35. The lowest BCUT2D eigenvalue weighted by molar-refractivity contribution is 0.108. The average Bonchev–Trinajstić information content (AvgIpc) is 3.16. The molecule has 0 aliphatic heterocycles. The maximum Gasteiger partial charge on any atom is 0.258 e. The third-order valence-electron chi connectivity index (χ3n) is 4.03. The van der Waals surface area contributed by atoms with Gasteiger partial charge in [0.05, 0.1) is 6.10 Å². The lowest BCUT2D eigenvalue weighted by atomic mass is 10.2. The smallest absolute Gasteiger partial charge is 0.258 e. The van der Waals surface area contributed by atoms with Crippen LogP contribution in [-0.4, -0.2) is 34.4 Å². The van der Waals surface area contributed by atoms with E-state index in [1.54, 1.807) is 13.3 Å². The van der Waals surface area contributed by atoms with E-state index < -0.39 is 0 Å². The highest BCUT2D eigenvalue weighted by Gasteiger charge is 2.24. The highest BCUT2D eigenvalue weighted by molar-refractivity contribution is 5.58. The first-order valence-electron chi connectivity index (χ1n) is 7.75. The Morgan fingerprint density at radius 2 is 2.23 bits per heavy atom. The first-order valence-corrected chi connectivity index (χ1v) is 7.75. The van der Waals surface area contributed by atoms with E-state index in [2.05, 4.69) is 20.4 Å². The summed E-state index contributed by atoms with van der Waals surface area (Å²) in [6.07, 6.45) is 5.32. The van der Waals surface area contributed by atoms with Gasteiger partial charge in [0.15, 0.2) is 5.82 Å². The van der Waals surface area contributed by atoms with Gasteiger partial charge in [-0.2, -0.15) is 4.98 Å². The lowest BCUT2D eigenvalue weighted by Gasteiger charge is -2.13. The molecular formula is C16H22N4O2. The number of methoxy groups -OCH3 is 1. The van der Waals surface area contributed by atoms with Crippen LogP contribution in [0.4, 0.5) is 5.82 Å². The van der Waals surface area contributed by atoms with Crippen molar-refractivity contribution < 1.29 is 9.26 Å². The molecule has 118 valence electrons. The van der Waals surface area contributed by atoms with Gasteiger partial charge in [0.25, 0.3) is 5.89 Å². The van der Waals surface area contributed by atoms with Crippen molar-refractivity contribution in [1.29, 1.82) is 0 Å². The predicted octanol–water partition coefficient (Wildman–Crippen LogP) is 3.23. The van der Waals surface area contributed by atoms with E-state index in [0.717, 1.165) is 36.5 Å². The second-order valence-electron chi connectivity index (χ2n) is 6.05. The number of nitrogens with one attached hydrogen (secondary N) is 1. The Morgan fingerprint density at radius 3 is 2.91 bits per heavy atom. The molecule has 3 rings (SSSR count).